The van der Waals surface area contributed by atoms with Gasteiger partial charge in [0, 0.05) is 38.7 Å². The van der Waals surface area contributed by atoms with Crippen LogP contribution in [0.3, 0.4) is 0 Å². The second kappa shape index (κ2) is 12.1. The van der Waals surface area contributed by atoms with Crippen LogP contribution in [0, 0.1) is 17.0 Å². The molecule has 7 nitrogen and oxygen atoms in total. The van der Waals surface area contributed by atoms with Gasteiger partial charge in [-0.2, -0.15) is 0 Å². The summed E-state index contributed by atoms with van der Waals surface area (Å²) in [7, 11) is 0. The SMILES string of the molecule is Cc1c(NC(=O)CCN(CCN)CCc2ccccc2)cccc1[N+](=O)[O-].Cl. The van der Waals surface area contributed by atoms with E-state index in [2.05, 4.69) is 22.3 Å². The normalized spacial score (nSPS) is 10.4. The molecule has 152 valence electrons. The molecule has 2 aromatic rings. The first-order chi connectivity index (χ1) is 13.0. The molecule has 0 aromatic heterocycles. The molecule has 0 aliphatic heterocycles. The van der Waals surface area contributed by atoms with Gasteiger partial charge in [0.1, 0.15) is 0 Å². The number of halogens is 1. The molecule has 0 atom stereocenters. The van der Waals surface area contributed by atoms with Crippen LogP contribution in [-0.4, -0.2) is 41.9 Å². The van der Waals surface area contributed by atoms with Crippen molar-refractivity contribution in [1.29, 1.82) is 0 Å². The Hall–Kier alpha value is -2.48. The maximum absolute atomic E-state index is 12.3. The van der Waals surface area contributed by atoms with Crippen LogP contribution in [0.2, 0.25) is 0 Å². The second-order valence-corrected chi connectivity index (χ2v) is 6.37. The van der Waals surface area contributed by atoms with Gasteiger partial charge in [0.2, 0.25) is 5.91 Å². The maximum Gasteiger partial charge on any atom is 0.274 e. The molecular formula is C20H27ClN4O3. The zero-order valence-corrected chi connectivity index (χ0v) is 16.8. The van der Waals surface area contributed by atoms with Crippen molar-refractivity contribution in [2.24, 2.45) is 5.73 Å². The van der Waals surface area contributed by atoms with Gasteiger partial charge in [-0.3, -0.25) is 14.9 Å². The third-order valence-corrected chi connectivity index (χ3v) is 4.44. The van der Waals surface area contributed by atoms with E-state index in [0.717, 1.165) is 19.5 Å². The summed E-state index contributed by atoms with van der Waals surface area (Å²) in [6.07, 6.45) is 1.20. The van der Waals surface area contributed by atoms with E-state index in [1.807, 2.05) is 18.2 Å². The van der Waals surface area contributed by atoms with Crippen LogP contribution < -0.4 is 11.1 Å². The van der Waals surface area contributed by atoms with Gasteiger partial charge in [-0.15, -0.1) is 12.4 Å². The quantitative estimate of drug-likeness (QED) is 0.466. The van der Waals surface area contributed by atoms with E-state index >= 15 is 0 Å². The van der Waals surface area contributed by atoms with E-state index in [4.69, 9.17) is 5.73 Å². The standard InChI is InChI=1S/C20H26N4O3.ClH/c1-16-18(8-5-9-19(16)24(26)27)22-20(25)11-14-23(15-12-21)13-10-17-6-3-2-4-7-17;/h2-9H,10-15,21H2,1H3,(H,22,25);1H. The summed E-state index contributed by atoms with van der Waals surface area (Å²) >= 11 is 0. The number of anilines is 1. The summed E-state index contributed by atoms with van der Waals surface area (Å²) in [6.45, 7) is 4.29. The molecule has 0 heterocycles. The van der Waals surface area contributed by atoms with E-state index in [9.17, 15) is 14.9 Å². The number of nitrogens with two attached hydrogens (primary N) is 1. The Kier molecular flexibility index (Phi) is 10.2. The molecule has 0 aliphatic carbocycles. The number of carbonyl (C=O) groups excluding carboxylic acids is 1. The number of hydrogen-bond donors (Lipinski definition) is 2. The van der Waals surface area contributed by atoms with Gasteiger partial charge in [-0.05, 0) is 25.0 Å². The van der Waals surface area contributed by atoms with Crippen molar-refractivity contribution in [3.63, 3.8) is 0 Å². The van der Waals surface area contributed by atoms with Crippen LogP contribution in [0.25, 0.3) is 0 Å². The lowest BCUT2D eigenvalue weighted by Crippen LogP contribution is -2.34. The van der Waals surface area contributed by atoms with Gasteiger partial charge in [-0.25, -0.2) is 0 Å². The number of hydrogen-bond acceptors (Lipinski definition) is 5. The highest BCUT2D eigenvalue weighted by molar-refractivity contribution is 5.92. The highest BCUT2D eigenvalue weighted by atomic mass is 35.5. The van der Waals surface area contributed by atoms with Gasteiger partial charge in [0.05, 0.1) is 16.2 Å². The van der Waals surface area contributed by atoms with Crippen LogP contribution in [0.5, 0.6) is 0 Å². The van der Waals surface area contributed by atoms with Crippen molar-refractivity contribution in [3.8, 4) is 0 Å². The summed E-state index contributed by atoms with van der Waals surface area (Å²) in [4.78, 5) is 25.0. The lowest BCUT2D eigenvalue weighted by Gasteiger charge is -2.21. The van der Waals surface area contributed by atoms with E-state index in [1.54, 1.807) is 19.1 Å². The first-order valence-electron chi connectivity index (χ1n) is 9.01. The van der Waals surface area contributed by atoms with Crippen molar-refractivity contribution in [3.05, 3.63) is 69.8 Å². The average Bonchev–Trinajstić information content (AvgIpc) is 2.66. The fourth-order valence-electron chi connectivity index (χ4n) is 2.88. The zero-order valence-electron chi connectivity index (χ0n) is 16.0. The predicted octanol–water partition coefficient (Wildman–Crippen LogP) is 3.16. The van der Waals surface area contributed by atoms with Gasteiger partial charge >= 0.3 is 0 Å². The van der Waals surface area contributed by atoms with Gasteiger partial charge in [0.15, 0.2) is 0 Å². The molecule has 1 amide bonds. The molecule has 0 radical (unpaired) electrons. The fraction of sp³-hybridized carbons (Fsp3) is 0.350. The number of nitrogens with one attached hydrogen (secondary N) is 1. The van der Waals surface area contributed by atoms with Crippen molar-refractivity contribution < 1.29 is 9.72 Å². The Labute approximate surface area is 171 Å². The average molecular weight is 407 g/mol. The van der Waals surface area contributed by atoms with Crippen LogP contribution in [0.15, 0.2) is 48.5 Å². The lowest BCUT2D eigenvalue weighted by atomic mass is 10.1. The summed E-state index contributed by atoms with van der Waals surface area (Å²) < 4.78 is 0. The number of benzene rings is 2. The Morgan fingerprint density at radius 3 is 2.46 bits per heavy atom. The minimum Gasteiger partial charge on any atom is -0.329 e. The number of rotatable bonds is 10. The first-order valence-corrected chi connectivity index (χ1v) is 9.01. The third kappa shape index (κ3) is 7.26. The monoisotopic (exact) mass is 406 g/mol. The van der Waals surface area contributed by atoms with Crippen LogP contribution in [0.1, 0.15) is 17.5 Å². The molecule has 2 aromatic carbocycles. The molecule has 2 rings (SSSR count). The lowest BCUT2D eigenvalue weighted by molar-refractivity contribution is -0.385. The third-order valence-electron chi connectivity index (χ3n) is 4.44. The Morgan fingerprint density at radius 2 is 1.82 bits per heavy atom. The number of nitro benzene ring substituents is 1. The van der Waals surface area contributed by atoms with Crippen LogP contribution in [0.4, 0.5) is 11.4 Å². The molecule has 0 fully saturated rings. The van der Waals surface area contributed by atoms with Crippen molar-refractivity contribution >= 4 is 29.7 Å². The summed E-state index contributed by atoms with van der Waals surface area (Å²) in [5.74, 6) is -0.166. The van der Waals surface area contributed by atoms with Crippen molar-refractivity contribution in [2.45, 2.75) is 19.8 Å². The van der Waals surface area contributed by atoms with Gasteiger partial charge in [-0.1, -0.05) is 36.4 Å². The molecule has 0 unspecified atom stereocenters. The molecular weight excluding hydrogens is 380 g/mol. The first kappa shape index (κ1) is 23.6. The number of amides is 1. The Balaban J connectivity index is 0.00000392. The predicted molar refractivity (Wildman–Crippen MR) is 114 cm³/mol. The zero-order chi connectivity index (χ0) is 19.6. The number of nitrogens with zero attached hydrogens (tertiary/aromatic N) is 2. The van der Waals surface area contributed by atoms with Gasteiger partial charge < -0.3 is 16.0 Å². The smallest absolute Gasteiger partial charge is 0.274 e. The maximum atomic E-state index is 12.3. The van der Waals surface area contributed by atoms with Crippen molar-refractivity contribution in [1.82, 2.24) is 4.90 Å². The van der Waals surface area contributed by atoms with Crippen LogP contribution >= 0.6 is 12.4 Å². The minimum atomic E-state index is -0.447. The molecule has 0 bridgehead atoms. The fourth-order valence-corrected chi connectivity index (χ4v) is 2.88. The molecule has 0 aliphatic rings. The van der Waals surface area contributed by atoms with E-state index in [1.165, 1.54) is 11.6 Å². The highest BCUT2D eigenvalue weighted by Gasteiger charge is 2.15. The van der Waals surface area contributed by atoms with Gasteiger partial charge in [0.25, 0.3) is 5.69 Å². The van der Waals surface area contributed by atoms with E-state index in [0.29, 0.717) is 30.8 Å². The minimum absolute atomic E-state index is 0. The number of carbonyl (C=O) groups is 1. The second-order valence-electron chi connectivity index (χ2n) is 6.37. The Morgan fingerprint density at radius 1 is 1.11 bits per heavy atom. The van der Waals surface area contributed by atoms with Crippen LogP contribution in [-0.2, 0) is 11.2 Å². The van der Waals surface area contributed by atoms with E-state index in [-0.39, 0.29) is 24.0 Å². The summed E-state index contributed by atoms with van der Waals surface area (Å²) in [5, 5.41) is 13.8. The topological polar surface area (TPSA) is 102 Å². The Bertz CT molecular complexity index is 771. The summed E-state index contributed by atoms with van der Waals surface area (Å²) in [5.41, 5.74) is 7.87. The molecule has 0 spiro atoms. The molecule has 28 heavy (non-hydrogen) atoms. The van der Waals surface area contributed by atoms with Crippen molar-refractivity contribution in [2.75, 3.05) is 31.5 Å². The molecule has 8 heteroatoms. The number of nitro groups is 1. The summed E-state index contributed by atoms with van der Waals surface area (Å²) in [6, 6.07) is 14.8. The largest absolute Gasteiger partial charge is 0.329 e. The molecule has 0 saturated carbocycles. The highest BCUT2D eigenvalue weighted by Crippen LogP contribution is 2.25. The van der Waals surface area contributed by atoms with E-state index < -0.39 is 4.92 Å². The molecule has 0 saturated heterocycles. The molecule has 3 N–H and O–H groups in total.